The number of nitrogens with one attached hydrogen (secondary N) is 2. The van der Waals surface area contributed by atoms with Crippen molar-refractivity contribution in [2.24, 2.45) is 0 Å². The average molecular weight is 337 g/mol. The lowest BCUT2D eigenvalue weighted by Crippen LogP contribution is -2.28. The van der Waals surface area contributed by atoms with Crippen molar-refractivity contribution >= 4 is 28.9 Å². The largest absolute Gasteiger partial charge is 0.490 e. The smallest absolute Gasteiger partial charge is 0.228 e. The van der Waals surface area contributed by atoms with Crippen LogP contribution in [0.25, 0.3) is 0 Å². The van der Waals surface area contributed by atoms with E-state index in [4.69, 9.17) is 4.74 Å². The molecule has 4 rings (SSSR count). The van der Waals surface area contributed by atoms with Crippen molar-refractivity contribution in [3.05, 3.63) is 47.5 Å². The number of likely N-dealkylation sites (N-methyl/N-ethyl adjacent to an activating group) is 1. The van der Waals surface area contributed by atoms with Gasteiger partial charge < -0.3 is 20.3 Å². The van der Waals surface area contributed by atoms with Gasteiger partial charge in [-0.25, -0.2) is 0 Å². The zero-order valence-corrected chi connectivity index (χ0v) is 14.0. The molecule has 2 heterocycles. The maximum absolute atomic E-state index is 12.4. The number of carbonyl (C=O) groups excluding carboxylic acids is 2. The molecule has 0 atom stereocenters. The van der Waals surface area contributed by atoms with Crippen LogP contribution in [0.15, 0.2) is 36.4 Å². The summed E-state index contributed by atoms with van der Waals surface area (Å²) in [5, 5.41) is 5.74. The van der Waals surface area contributed by atoms with Crippen LogP contribution in [0.1, 0.15) is 11.1 Å². The van der Waals surface area contributed by atoms with Gasteiger partial charge in [0.2, 0.25) is 11.8 Å². The summed E-state index contributed by atoms with van der Waals surface area (Å²) in [5.41, 5.74) is 4.38. The highest BCUT2D eigenvalue weighted by molar-refractivity contribution is 5.99. The minimum absolute atomic E-state index is 0.00278. The van der Waals surface area contributed by atoms with E-state index in [0.717, 1.165) is 40.5 Å². The second-order valence-electron chi connectivity index (χ2n) is 6.39. The fourth-order valence-corrected chi connectivity index (χ4v) is 3.19. The predicted octanol–water partition coefficient (Wildman–Crippen LogP) is 2.19. The molecule has 0 aromatic heterocycles. The third-order valence-electron chi connectivity index (χ3n) is 4.50. The van der Waals surface area contributed by atoms with Crippen LogP contribution in [0.4, 0.5) is 17.1 Å². The molecule has 0 saturated heterocycles. The van der Waals surface area contributed by atoms with Gasteiger partial charge in [0, 0.05) is 18.4 Å². The topological polar surface area (TPSA) is 70.7 Å². The molecule has 0 fully saturated rings. The molecule has 0 unspecified atom stereocenters. The monoisotopic (exact) mass is 337 g/mol. The first-order valence-electron chi connectivity index (χ1n) is 8.28. The van der Waals surface area contributed by atoms with Crippen LogP contribution in [-0.2, 0) is 22.4 Å². The summed E-state index contributed by atoms with van der Waals surface area (Å²) < 4.78 is 5.61. The molecule has 0 bridgehead atoms. The molecule has 0 saturated carbocycles. The summed E-state index contributed by atoms with van der Waals surface area (Å²) in [6.45, 7) is 1.50. The number of carbonyl (C=O) groups is 2. The first-order valence-corrected chi connectivity index (χ1v) is 8.28. The van der Waals surface area contributed by atoms with Crippen LogP contribution < -0.4 is 20.3 Å². The number of ether oxygens (including phenoxy) is 1. The number of fused-ring (bicyclic) bond motifs is 2. The van der Waals surface area contributed by atoms with Crippen LogP contribution in [0.2, 0.25) is 0 Å². The number of anilines is 3. The van der Waals surface area contributed by atoms with E-state index in [0.29, 0.717) is 13.0 Å². The molecule has 2 aromatic carbocycles. The zero-order chi connectivity index (χ0) is 17.4. The Kier molecular flexibility index (Phi) is 3.80. The minimum atomic E-state index is -0.0939. The number of hydrogen-bond donors (Lipinski definition) is 2. The Morgan fingerprint density at radius 3 is 3.04 bits per heavy atom. The molecule has 25 heavy (non-hydrogen) atoms. The fraction of sp³-hybridized carbons (Fsp3) is 0.263. The lowest BCUT2D eigenvalue weighted by Gasteiger charge is -2.28. The van der Waals surface area contributed by atoms with Gasteiger partial charge in [0.25, 0.3) is 0 Å². The van der Waals surface area contributed by atoms with Gasteiger partial charge in [0.1, 0.15) is 12.4 Å². The molecule has 0 aliphatic carbocycles. The Hall–Kier alpha value is -3.02. The summed E-state index contributed by atoms with van der Waals surface area (Å²) in [4.78, 5) is 25.9. The molecule has 6 heteroatoms. The van der Waals surface area contributed by atoms with E-state index in [1.165, 1.54) is 0 Å². The zero-order valence-electron chi connectivity index (χ0n) is 14.0. The maximum atomic E-state index is 12.4. The Morgan fingerprint density at radius 2 is 2.16 bits per heavy atom. The molecule has 0 spiro atoms. The number of nitrogens with zero attached hydrogens (tertiary/aromatic N) is 1. The fourth-order valence-electron chi connectivity index (χ4n) is 3.19. The van der Waals surface area contributed by atoms with Crippen LogP contribution in [0, 0.1) is 0 Å². The Balaban J connectivity index is 1.45. The van der Waals surface area contributed by atoms with Gasteiger partial charge in [-0.1, -0.05) is 12.1 Å². The van der Waals surface area contributed by atoms with Gasteiger partial charge in [-0.2, -0.15) is 0 Å². The lowest BCUT2D eigenvalue weighted by atomic mass is 10.1. The molecule has 6 nitrogen and oxygen atoms in total. The summed E-state index contributed by atoms with van der Waals surface area (Å²) in [7, 11) is 2.01. The highest BCUT2D eigenvalue weighted by Gasteiger charge is 2.19. The standard InChI is InChI=1S/C19H19N3O3/c1-22-6-7-25-17-5-4-14(11-16(17)22)20-18(23)9-12-2-3-13-10-19(24)21-15(13)8-12/h2-5,8,11H,6-7,9-10H2,1H3,(H,20,23)(H,21,24). The summed E-state index contributed by atoms with van der Waals surface area (Å²) in [6, 6.07) is 11.3. The molecular formula is C19H19N3O3. The van der Waals surface area contributed by atoms with Crippen molar-refractivity contribution < 1.29 is 14.3 Å². The van der Waals surface area contributed by atoms with Crippen LogP contribution in [-0.4, -0.2) is 32.0 Å². The number of hydrogen-bond acceptors (Lipinski definition) is 4. The molecule has 2 aliphatic rings. The van der Waals surface area contributed by atoms with E-state index >= 15 is 0 Å². The Labute approximate surface area is 145 Å². The number of rotatable bonds is 3. The van der Waals surface area contributed by atoms with Crippen molar-refractivity contribution in [3.63, 3.8) is 0 Å². The molecule has 2 aliphatic heterocycles. The molecule has 2 amide bonds. The molecule has 2 aromatic rings. The normalized spacial score (nSPS) is 15.1. The van der Waals surface area contributed by atoms with Gasteiger partial charge in [-0.05, 0) is 35.4 Å². The first kappa shape index (κ1) is 15.5. The first-order chi connectivity index (χ1) is 12.1. The molecule has 2 N–H and O–H groups in total. The second-order valence-corrected chi connectivity index (χ2v) is 6.39. The van der Waals surface area contributed by atoms with Crippen molar-refractivity contribution in [2.45, 2.75) is 12.8 Å². The van der Waals surface area contributed by atoms with E-state index < -0.39 is 0 Å². The van der Waals surface area contributed by atoms with Crippen molar-refractivity contribution in [2.75, 3.05) is 35.7 Å². The maximum Gasteiger partial charge on any atom is 0.228 e. The molecule has 128 valence electrons. The van der Waals surface area contributed by atoms with Crippen molar-refractivity contribution in [3.8, 4) is 5.75 Å². The van der Waals surface area contributed by atoms with Crippen LogP contribution >= 0.6 is 0 Å². The van der Waals surface area contributed by atoms with Crippen LogP contribution in [0.5, 0.6) is 5.75 Å². The summed E-state index contributed by atoms with van der Waals surface area (Å²) in [6.07, 6.45) is 0.666. The number of amides is 2. The highest BCUT2D eigenvalue weighted by Crippen LogP contribution is 2.33. The van der Waals surface area contributed by atoms with E-state index in [1.807, 2.05) is 43.4 Å². The Morgan fingerprint density at radius 1 is 1.28 bits per heavy atom. The SMILES string of the molecule is CN1CCOc2ccc(NC(=O)Cc3ccc4c(c3)NC(=O)C4)cc21. The van der Waals surface area contributed by atoms with E-state index in [-0.39, 0.29) is 18.2 Å². The van der Waals surface area contributed by atoms with Gasteiger partial charge in [-0.15, -0.1) is 0 Å². The van der Waals surface area contributed by atoms with E-state index in [9.17, 15) is 9.59 Å². The van der Waals surface area contributed by atoms with Gasteiger partial charge in [0.15, 0.2) is 0 Å². The van der Waals surface area contributed by atoms with Crippen molar-refractivity contribution in [1.29, 1.82) is 0 Å². The highest BCUT2D eigenvalue weighted by atomic mass is 16.5. The van der Waals surface area contributed by atoms with Gasteiger partial charge >= 0.3 is 0 Å². The van der Waals surface area contributed by atoms with Gasteiger partial charge in [-0.3, -0.25) is 9.59 Å². The van der Waals surface area contributed by atoms with E-state index in [1.54, 1.807) is 0 Å². The summed E-state index contributed by atoms with van der Waals surface area (Å²) >= 11 is 0. The predicted molar refractivity (Wildman–Crippen MR) is 96.3 cm³/mol. The Bertz CT molecular complexity index is 863. The quantitative estimate of drug-likeness (QED) is 0.901. The molecule has 0 radical (unpaired) electrons. The lowest BCUT2D eigenvalue weighted by molar-refractivity contribution is -0.116. The van der Waals surface area contributed by atoms with Crippen molar-refractivity contribution in [1.82, 2.24) is 0 Å². The second kappa shape index (κ2) is 6.12. The summed E-state index contributed by atoms with van der Waals surface area (Å²) in [5.74, 6) is 0.738. The van der Waals surface area contributed by atoms with Gasteiger partial charge in [0.05, 0.1) is 25.1 Å². The molecular weight excluding hydrogens is 318 g/mol. The minimum Gasteiger partial charge on any atom is -0.490 e. The third-order valence-corrected chi connectivity index (χ3v) is 4.50. The number of benzene rings is 2. The average Bonchev–Trinajstić information content (AvgIpc) is 2.95. The third kappa shape index (κ3) is 3.15. The van der Waals surface area contributed by atoms with E-state index in [2.05, 4.69) is 15.5 Å². The van der Waals surface area contributed by atoms with Crippen LogP contribution in [0.3, 0.4) is 0 Å².